The summed E-state index contributed by atoms with van der Waals surface area (Å²) in [6, 6.07) is 57.3. The molecular formula is C107H126ClN21O10S5. The lowest BCUT2D eigenvalue weighted by atomic mass is 9.99. The fourth-order valence-electron chi connectivity index (χ4n) is 19.1. The van der Waals surface area contributed by atoms with Crippen LogP contribution in [0.1, 0.15) is 83.7 Å². The quantitative estimate of drug-likeness (QED) is 0.0276. The van der Waals surface area contributed by atoms with E-state index < -0.39 is 50.1 Å². The molecule has 756 valence electrons. The Kier molecular flexibility index (Phi) is 33.6. The van der Waals surface area contributed by atoms with Gasteiger partial charge in [0.15, 0.2) is 0 Å². The highest BCUT2D eigenvalue weighted by atomic mass is 35.5. The van der Waals surface area contributed by atoms with Crippen molar-refractivity contribution in [3.8, 4) is 55.6 Å². The van der Waals surface area contributed by atoms with Crippen LogP contribution in [0.25, 0.3) is 109 Å². The van der Waals surface area contributed by atoms with Crippen molar-refractivity contribution in [3.05, 3.63) is 261 Å². The van der Waals surface area contributed by atoms with Crippen molar-refractivity contribution in [2.45, 2.75) is 122 Å². The molecule has 5 saturated heterocycles. The molecule has 0 spiro atoms. The number of piperidine rings is 5. The van der Waals surface area contributed by atoms with Crippen LogP contribution in [0.4, 0.5) is 39.8 Å². The van der Waals surface area contributed by atoms with Gasteiger partial charge in [0.1, 0.15) is 5.15 Å². The molecule has 7 aromatic carbocycles. The van der Waals surface area contributed by atoms with Crippen LogP contribution >= 0.6 is 11.6 Å². The van der Waals surface area contributed by atoms with E-state index in [9.17, 15) is 42.1 Å². The fraction of sp³-hybridized carbons (Fsp3) is 0.346. The highest BCUT2D eigenvalue weighted by Crippen LogP contribution is 2.40. The first-order chi connectivity index (χ1) is 69.0. The predicted molar refractivity (Wildman–Crippen MR) is 586 cm³/mol. The molecule has 5 aliphatic rings. The van der Waals surface area contributed by atoms with Gasteiger partial charge in [0.05, 0.1) is 37.5 Å². The number of hydrogen-bond acceptors (Lipinski definition) is 25. The number of rotatable bonds is 24. The van der Waals surface area contributed by atoms with Crippen molar-refractivity contribution >= 4 is 155 Å². The summed E-state index contributed by atoms with van der Waals surface area (Å²) >= 11 is 5.92. The fourth-order valence-corrected chi connectivity index (χ4v) is 23.6. The minimum Gasteiger partial charge on any atom is -0.388 e. The molecule has 0 atom stereocenters. The van der Waals surface area contributed by atoms with E-state index in [0.29, 0.717) is 76.5 Å². The van der Waals surface area contributed by atoms with Gasteiger partial charge in [-0.3, -0.25) is 34.6 Å². The molecule has 31 nitrogen and oxygen atoms in total. The highest BCUT2D eigenvalue weighted by molar-refractivity contribution is 7.89. The standard InChI is InChI=1S/C22H29N5O2S.2C22H26N4O2S.C21H24N4O2S.C20H21ClN4O2S/c1-16(2)14-26-15-19(12-24-26)18-10-17-4-7-23-13-21(17)22(11-18)25-20-5-8-27(9-6-20)30(3,28)29;1-23-19-5-3-16(4-6-19)18-13-17-7-10-24-15-21(17)22(14-18)25-20-8-11-26(12-9-20)29(2,27)28;1-23-20-5-3-4-16(13-20)18-12-17-6-9-24-15-21(17)22(14-18)25-19-7-10-26(11-8-19)29(2,27)28;1-15-11-16(4-8-23-15)18-12-17-3-7-22-14-20(17)21(13-18)24-19-5-9-25(10-6-19)28(2,26)27;1-28(26,27)25-8-5-17(6-9-25)24-19-11-16(15-2-3-20(21)23-12-15)10-14-4-7-22-13-18(14)19/h4,7,10-13,15-16,20,25H,5-6,8-9,14H2,1-3H3;3-7,10,13-15,20,23,25H,8-9,11-12H2,1-2H3;3-6,9,12-15,19,23,25H,7-8,10-11H2,1-2H3;3-4,7-8,11-14,19,24H,5-6,9-10H2,1-2H3;2-4,7,10-13,17,24H,5-6,8-9H2,1H3. The SMILES string of the molecule is CC(C)Cn1cc(-c2cc(NC3CCN(S(C)(=O)=O)CC3)c3cnccc3c2)cn1.CNc1ccc(-c2cc(NC3CCN(S(C)(=O)=O)CC3)c3cnccc3c2)cc1.CNc1cccc(-c2cc(NC3CCN(S(C)(=O)=O)CC3)c3cnccc3c2)c1.CS(=O)(=O)N1CCC(Nc2cc(-c3ccc(Cl)nc3)cc3ccncc23)CC1.Cc1cc(-c2cc(NC3CCN(S(C)(=O)=O)CC3)c3cnccc3c2)ccn1. The van der Waals surface area contributed by atoms with Gasteiger partial charge < -0.3 is 37.2 Å². The minimum absolute atomic E-state index is 0.208. The number of sulfonamides is 5. The van der Waals surface area contributed by atoms with Crippen molar-refractivity contribution in [1.29, 1.82) is 0 Å². The number of nitrogens with one attached hydrogen (secondary N) is 7. The number of benzene rings is 7. The van der Waals surface area contributed by atoms with Gasteiger partial charge in [-0.15, -0.1) is 0 Å². The second-order valence-electron chi connectivity index (χ2n) is 38.1. The normalized spacial score (nSPS) is 16.2. The molecule has 0 amide bonds. The van der Waals surface area contributed by atoms with Crippen molar-refractivity contribution in [1.82, 2.24) is 66.2 Å². The zero-order valence-electron chi connectivity index (χ0n) is 82.7. The average molecular weight is 2060 g/mol. The molecule has 15 aromatic rings. The number of anilines is 7. The lowest BCUT2D eigenvalue weighted by Gasteiger charge is -2.31. The molecular weight excluding hydrogens is 1940 g/mol. The van der Waals surface area contributed by atoms with Gasteiger partial charge in [0, 0.05) is 280 Å². The van der Waals surface area contributed by atoms with E-state index in [-0.39, 0.29) is 30.2 Å². The molecule has 5 fully saturated rings. The van der Waals surface area contributed by atoms with E-state index in [4.69, 9.17) is 11.6 Å². The van der Waals surface area contributed by atoms with Gasteiger partial charge in [-0.2, -0.15) is 5.10 Å². The highest BCUT2D eigenvalue weighted by Gasteiger charge is 2.32. The van der Waals surface area contributed by atoms with Gasteiger partial charge in [0.2, 0.25) is 50.1 Å². The van der Waals surface area contributed by atoms with Crippen LogP contribution in [0.5, 0.6) is 0 Å². The summed E-state index contributed by atoms with van der Waals surface area (Å²) in [5, 5.41) is 40.5. The number of nitrogens with zero attached hydrogens (tertiary/aromatic N) is 14. The second-order valence-corrected chi connectivity index (χ2v) is 48.4. The molecule has 0 saturated carbocycles. The summed E-state index contributed by atoms with van der Waals surface area (Å²) in [6.07, 6.45) is 40.2. The number of halogens is 1. The molecule has 13 heterocycles. The van der Waals surface area contributed by atoms with E-state index in [1.165, 1.54) is 31.3 Å². The first-order valence-electron chi connectivity index (χ1n) is 48.6. The minimum atomic E-state index is -3.13. The maximum Gasteiger partial charge on any atom is 0.211 e. The maximum absolute atomic E-state index is 11.8. The largest absolute Gasteiger partial charge is 0.388 e. The molecule has 0 aliphatic carbocycles. The summed E-state index contributed by atoms with van der Waals surface area (Å²) in [7, 11) is -11.8. The Labute approximate surface area is 850 Å². The Bertz CT molecular complexity index is 7650. The molecule has 5 aliphatic heterocycles. The topological polar surface area (TPSA) is 379 Å². The number of pyridine rings is 7. The number of fused-ring (bicyclic) bond motifs is 5. The molecule has 0 radical (unpaired) electrons. The molecule has 0 bridgehead atoms. The summed E-state index contributed by atoms with van der Waals surface area (Å²) in [5.41, 5.74) is 19.3. The van der Waals surface area contributed by atoms with Gasteiger partial charge in [-0.1, -0.05) is 49.7 Å². The van der Waals surface area contributed by atoms with Crippen LogP contribution in [0.3, 0.4) is 0 Å². The van der Waals surface area contributed by atoms with Gasteiger partial charge in [-0.05, 0) is 288 Å². The van der Waals surface area contributed by atoms with Gasteiger partial charge in [0.25, 0.3) is 0 Å². The van der Waals surface area contributed by atoms with Crippen LogP contribution < -0.4 is 37.2 Å². The van der Waals surface area contributed by atoms with Gasteiger partial charge in [-0.25, -0.2) is 68.6 Å². The Hall–Kier alpha value is -12.5. The van der Waals surface area contributed by atoms with E-state index in [1.807, 2.05) is 142 Å². The lowest BCUT2D eigenvalue weighted by molar-refractivity contribution is 0.331. The van der Waals surface area contributed by atoms with E-state index in [1.54, 1.807) is 46.2 Å². The summed E-state index contributed by atoms with van der Waals surface area (Å²) in [5.74, 6) is 0.537. The third-order valence-electron chi connectivity index (χ3n) is 27.0. The van der Waals surface area contributed by atoms with E-state index in [0.717, 1.165) is 226 Å². The number of aryl methyl sites for hydroxylation is 1. The Morgan fingerprint density at radius 1 is 0.312 bits per heavy atom. The molecule has 0 unspecified atom stereocenters. The third-order valence-corrected chi connectivity index (χ3v) is 33.7. The van der Waals surface area contributed by atoms with Crippen LogP contribution in [-0.4, -0.2) is 249 Å². The van der Waals surface area contributed by atoms with Gasteiger partial charge >= 0.3 is 0 Å². The zero-order valence-corrected chi connectivity index (χ0v) is 87.6. The lowest BCUT2D eigenvalue weighted by Crippen LogP contribution is -2.41. The molecule has 20 rings (SSSR count). The molecule has 144 heavy (non-hydrogen) atoms. The van der Waals surface area contributed by atoms with Crippen molar-refractivity contribution < 1.29 is 42.1 Å². The van der Waals surface area contributed by atoms with Crippen LogP contribution in [0, 0.1) is 12.8 Å². The Balaban J connectivity index is 0.000000129. The molecule has 7 N–H and O–H groups in total. The summed E-state index contributed by atoms with van der Waals surface area (Å²) in [4.78, 5) is 29.9. The van der Waals surface area contributed by atoms with Crippen molar-refractivity contribution in [2.75, 3.05) is 148 Å². The predicted octanol–water partition coefficient (Wildman–Crippen LogP) is 18.4. The van der Waals surface area contributed by atoms with Crippen LogP contribution in [0.15, 0.2) is 251 Å². The molecule has 8 aromatic heterocycles. The van der Waals surface area contributed by atoms with Crippen molar-refractivity contribution in [3.63, 3.8) is 0 Å². The third kappa shape index (κ3) is 27.4. The monoisotopic (exact) mass is 2060 g/mol. The number of hydrogen-bond donors (Lipinski definition) is 7. The first-order valence-corrected chi connectivity index (χ1v) is 58.2. The van der Waals surface area contributed by atoms with Crippen LogP contribution in [-0.2, 0) is 56.7 Å². The van der Waals surface area contributed by atoms with Crippen molar-refractivity contribution in [2.24, 2.45) is 5.92 Å². The van der Waals surface area contributed by atoms with E-state index in [2.05, 4.69) is 200 Å². The van der Waals surface area contributed by atoms with E-state index >= 15 is 0 Å². The van der Waals surface area contributed by atoms with Crippen LogP contribution in [0.2, 0.25) is 5.15 Å². The zero-order chi connectivity index (χ0) is 102. The Morgan fingerprint density at radius 3 is 0.917 bits per heavy atom. The summed E-state index contributed by atoms with van der Waals surface area (Å²) in [6.45, 7) is 12.7. The maximum atomic E-state index is 11.8. The first kappa shape index (κ1) is 104. The summed E-state index contributed by atoms with van der Waals surface area (Å²) < 4.78 is 127. The number of aromatic nitrogens is 9. The Morgan fingerprint density at radius 2 is 0.618 bits per heavy atom. The average Bonchev–Trinajstić information content (AvgIpc) is 1.72. The molecule has 37 heteroatoms. The smallest absolute Gasteiger partial charge is 0.211 e. The second kappa shape index (κ2) is 46.3.